The van der Waals surface area contributed by atoms with Crippen LogP contribution in [0.3, 0.4) is 0 Å². The molecule has 228 valence electrons. The topological polar surface area (TPSA) is 261 Å². The van der Waals surface area contributed by atoms with Crippen molar-refractivity contribution in [2.24, 2.45) is 0 Å². The van der Waals surface area contributed by atoms with Gasteiger partial charge in [-0.25, -0.2) is 9.97 Å². The number of hydrogen-bond acceptors (Lipinski definition) is 14. The molecule has 0 amide bonds. The number of rotatable bonds is 6. The van der Waals surface area contributed by atoms with Gasteiger partial charge in [-0.05, 0) is 39.0 Å². The molecule has 2 saturated heterocycles. The van der Waals surface area contributed by atoms with Crippen LogP contribution in [0.25, 0.3) is 22.3 Å². The summed E-state index contributed by atoms with van der Waals surface area (Å²) in [5.41, 5.74) is 18.9. The lowest BCUT2D eigenvalue weighted by Crippen LogP contribution is -2.20. The normalized spacial score (nSPS) is 24.1. The van der Waals surface area contributed by atoms with Crippen molar-refractivity contribution in [3.63, 3.8) is 0 Å². The van der Waals surface area contributed by atoms with Gasteiger partial charge in [-0.15, -0.1) is 0 Å². The van der Waals surface area contributed by atoms with Crippen molar-refractivity contribution in [2.75, 3.05) is 30.5 Å². The van der Waals surface area contributed by atoms with E-state index in [0.29, 0.717) is 41.8 Å². The maximum absolute atomic E-state index is 12.1. The van der Waals surface area contributed by atoms with Crippen LogP contribution in [0.4, 0.5) is 17.7 Å². The summed E-state index contributed by atoms with van der Waals surface area (Å²) in [5, 5.41) is 0.244. The number of aromatic nitrogens is 8. The van der Waals surface area contributed by atoms with Crippen LogP contribution in [-0.4, -0.2) is 81.2 Å². The third kappa shape index (κ3) is 6.67. The molecule has 0 saturated carbocycles. The van der Waals surface area contributed by atoms with Gasteiger partial charge in [-0.1, -0.05) is 11.6 Å². The van der Waals surface area contributed by atoms with Gasteiger partial charge in [0.1, 0.15) is 29.9 Å². The lowest BCUT2D eigenvalue weighted by Gasteiger charge is -2.23. The maximum Gasteiger partial charge on any atom is 0.224 e. The number of fused-ring (bicyclic) bond motifs is 2. The molecular formula is C22H31ClN11O6P2-. The van der Waals surface area contributed by atoms with Gasteiger partial charge in [0.2, 0.25) is 11.9 Å². The van der Waals surface area contributed by atoms with E-state index in [9.17, 15) is 14.0 Å². The van der Waals surface area contributed by atoms with Gasteiger partial charge in [0.05, 0.1) is 38.0 Å². The zero-order valence-corrected chi connectivity index (χ0v) is 25.3. The Bertz CT molecular complexity index is 1580. The Morgan fingerprint density at radius 1 is 0.881 bits per heavy atom. The molecule has 0 radical (unpaired) electrons. The second-order valence-electron chi connectivity index (χ2n) is 10.6. The first-order valence-electron chi connectivity index (χ1n) is 13.0. The van der Waals surface area contributed by atoms with E-state index in [1.54, 1.807) is 24.2 Å². The lowest BCUT2D eigenvalue weighted by molar-refractivity contribution is -0.204. The molecule has 42 heavy (non-hydrogen) atoms. The SMILES string of the molecule is CP(C)(=O)[C@H]1CC[C@H](Cn2cnc3c(Cl)nc(N)nc32)O1.Nc1nc(N)c2ncn(C[C@H]3CCC(P(=O)([O-])O)O3)c2n1. The van der Waals surface area contributed by atoms with E-state index in [1.807, 2.05) is 4.57 Å². The Morgan fingerprint density at radius 3 is 1.90 bits per heavy atom. The molecule has 2 unspecified atom stereocenters. The average Bonchev–Trinajstić information content (AvgIpc) is 3.67. The molecule has 17 nitrogen and oxygen atoms in total. The Hall–Kier alpha value is -2.91. The molecule has 20 heteroatoms. The first-order chi connectivity index (χ1) is 19.7. The van der Waals surface area contributed by atoms with Crippen molar-refractivity contribution in [3.8, 4) is 0 Å². The molecule has 0 aliphatic carbocycles. The fourth-order valence-corrected chi connectivity index (χ4v) is 7.21. The van der Waals surface area contributed by atoms with E-state index in [0.717, 1.165) is 12.8 Å². The highest BCUT2D eigenvalue weighted by molar-refractivity contribution is 7.62. The number of hydrogen-bond donors (Lipinski definition) is 4. The second-order valence-corrected chi connectivity index (χ2v) is 16.1. The molecule has 4 aromatic heterocycles. The van der Waals surface area contributed by atoms with Crippen LogP contribution in [0.1, 0.15) is 25.7 Å². The van der Waals surface area contributed by atoms with Crippen LogP contribution in [0.2, 0.25) is 5.15 Å². The van der Waals surface area contributed by atoms with E-state index < -0.39 is 20.6 Å². The zero-order chi connectivity index (χ0) is 30.4. The molecular weight excluding hydrogens is 612 g/mol. The molecule has 0 spiro atoms. The second kappa shape index (κ2) is 11.6. The summed E-state index contributed by atoms with van der Waals surface area (Å²) >= 11 is 6.00. The zero-order valence-electron chi connectivity index (χ0n) is 22.8. The van der Waals surface area contributed by atoms with E-state index in [1.165, 1.54) is 6.33 Å². The minimum absolute atomic E-state index is 0.00408. The Morgan fingerprint density at radius 2 is 1.38 bits per heavy atom. The Kier molecular flexibility index (Phi) is 8.47. The van der Waals surface area contributed by atoms with E-state index in [-0.39, 0.29) is 47.3 Å². The first-order valence-corrected chi connectivity index (χ1v) is 17.6. The summed E-state index contributed by atoms with van der Waals surface area (Å²) in [4.78, 5) is 44.3. The summed E-state index contributed by atoms with van der Waals surface area (Å²) < 4.78 is 37.9. The predicted octanol–water partition coefficient (Wildman–Crippen LogP) is 1.23. The van der Waals surface area contributed by atoms with Gasteiger partial charge in [-0.3, -0.25) is 0 Å². The number of halogens is 1. The lowest BCUT2D eigenvalue weighted by atomic mass is 10.2. The van der Waals surface area contributed by atoms with Crippen LogP contribution in [-0.2, 0) is 31.7 Å². The fraction of sp³-hybridized carbons (Fsp3) is 0.545. The summed E-state index contributed by atoms with van der Waals surface area (Å²) in [6, 6.07) is 0. The average molecular weight is 643 g/mol. The number of ether oxygens (including phenoxy) is 2. The summed E-state index contributed by atoms with van der Waals surface area (Å²) in [7, 11) is -6.69. The number of imidazole rings is 2. The van der Waals surface area contributed by atoms with E-state index in [2.05, 4.69) is 29.9 Å². The van der Waals surface area contributed by atoms with Crippen LogP contribution in [0, 0.1) is 0 Å². The molecule has 5 atom stereocenters. The molecule has 0 bridgehead atoms. The van der Waals surface area contributed by atoms with Crippen molar-refractivity contribution < 1.29 is 28.4 Å². The number of nitrogens with zero attached hydrogens (tertiary/aromatic N) is 8. The highest BCUT2D eigenvalue weighted by Crippen LogP contribution is 2.49. The molecule has 4 aromatic rings. The maximum atomic E-state index is 12.1. The van der Waals surface area contributed by atoms with E-state index in [4.69, 9.17) is 43.2 Å². The number of nitrogens with two attached hydrogens (primary N) is 3. The quantitative estimate of drug-likeness (QED) is 0.170. The number of anilines is 3. The van der Waals surface area contributed by atoms with Crippen LogP contribution >= 0.6 is 26.3 Å². The van der Waals surface area contributed by atoms with Gasteiger partial charge in [0, 0.05) is 0 Å². The fourth-order valence-electron chi connectivity index (χ4n) is 4.95. The van der Waals surface area contributed by atoms with Crippen LogP contribution in [0.5, 0.6) is 0 Å². The number of nitrogen functional groups attached to an aromatic ring is 3. The third-order valence-electron chi connectivity index (χ3n) is 6.98. The molecule has 7 N–H and O–H groups in total. The Balaban J connectivity index is 0.000000168. The van der Waals surface area contributed by atoms with Crippen molar-refractivity contribution in [3.05, 3.63) is 17.8 Å². The minimum Gasteiger partial charge on any atom is -0.777 e. The van der Waals surface area contributed by atoms with Gasteiger partial charge in [-0.2, -0.15) is 19.9 Å². The van der Waals surface area contributed by atoms with Gasteiger partial charge < -0.3 is 54.7 Å². The first kappa shape index (κ1) is 30.5. The minimum atomic E-state index is -4.47. The highest BCUT2D eigenvalue weighted by Gasteiger charge is 2.34. The third-order valence-corrected chi connectivity index (χ3v) is 10.1. The van der Waals surface area contributed by atoms with Crippen molar-refractivity contribution in [2.45, 2.75) is 62.7 Å². The van der Waals surface area contributed by atoms with Crippen LogP contribution < -0.4 is 22.1 Å². The molecule has 0 aromatic carbocycles. The molecule has 2 aliphatic rings. The van der Waals surface area contributed by atoms with Gasteiger partial charge in [0.15, 0.2) is 29.9 Å². The summed E-state index contributed by atoms with van der Waals surface area (Å²) in [5.74, 6) is -0.971. The molecule has 6 rings (SSSR count). The summed E-state index contributed by atoms with van der Waals surface area (Å²) in [6.07, 6.45) is 5.25. The monoisotopic (exact) mass is 642 g/mol. The van der Waals surface area contributed by atoms with Crippen LogP contribution in [0.15, 0.2) is 12.7 Å². The van der Waals surface area contributed by atoms with E-state index >= 15 is 0 Å². The molecule has 6 heterocycles. The van der Waals surface area contributed by atoms with Crippen molar-refractivity contribution >= 4 is 66.4 Å². The predicted molar refractivity (Wildman–Crippen MR) is 154 cm³/mol. The highest BCUT2D eigenvalue weighted by atomic mass is 35.5. The van der Waals surface area contributed by atoms with Crippen molar-refractivity contribution in [1.82, 2.24) is 39.0 Å². The van der Waals surface area contributed by atoms with Gasteiger partial charge in [0.25, 0.3) is 0 Å². The Labute approximate surface area is 244 Å². The smallest absolute Gasteiger partial charge is 0.224 e. The standard InChI is InChI=1S/C12H17ClN5O2P.C10H15N6O4P/c1-21(2,19)8-4-3-7(20-8)5-18-6-15-9-10(13)16-12(14)17-11(9)18;11-8-7-9(15-10(12)14-8)16(4-13-7)3-5-1-2-6(20-5)21(17,18)19/h6-8H,3-5H2,1-2H3,(H2,14,16,17);4-6H,1-3H2,(H2,17,18,19)(H4,11,12,14,15)/p-1/t7-,8+;5-,6?/m11/s1. The molecule has 2 fully saturated rings. The van der Waals surface area contributed by atoms with Crippen molar-refractivity contribution in [1.29, 1.82) is 0 Å². The summed E-state index contributed by atoms with van der Waals surface area (Å²) in [6.45, 7) is 4.45. The molecule has 2 aliphatic heterocycles. The van der Waals surface area contributed by atoms with Gasteiger partial charge >= 0.3 is 0 Å². The largest absolute Gasteiger partial charge is 0.777 e.